The van der Waals surface area contributed by atoms with Crippen molar-refractivity contribution in [3.05, 3.63) is 88.9 Å². The van der Waals surface area contributed by atoms with Crippen LogP contribution in [-0.2, 0) is 21.4 Å². The fourth-order valence-electron chi connectivity index (χ4n) is 2.90. The Morgan fingerprint density at radius 1 is 1.03 bits per heavy atom. The minimum Gasteiger partial charge on any atom is -0.489 e. The molecule has 0 saturated heterocycles. The van der Waals surface area contributed by atoms with E-state index >= 15 is 0 Å². The molecule has 0 saturated carbocycles. The summed E-state index contributed by atoms with van der Waals surface area (Å²) in [6.07, 6.45) is 1.06. The van der Waals surface area contributed by atoms with Crippen molar-refractivity contribution in [3.63, 3.8) is 0 Å². The van der Waals surface area contributed by atoms with Gasteiger partial charge in [0.05, 0.1) is 11.9 Å². The third-order valence-electron chi connectivity index (χ3n) is 4.53. The molecule has 0 aliphatic carbocycles. The molecule has 0 aliphatic heterocycles. The molecule has 1 N–H and O–H groups in total. The van der Waals surface area contributed by atoms with Gasteiger partial charge in [0, 0.05) is 10.7 Å². The molecule has 0 aliphatic rings. The molecule has 0 radical (unpaired) electrons. The molecule has 6 nitrogen and oxygen atoms in total. The highest BCUT2D eigenvalue weighted by atomic mass is 35.5. The van der Waals surface area contributed by atoms with Gasteiger partial charge in [-0.3, -0.25) is 9.10 Å². The summed E-state index contributed by atoms with van der Waals surface area (Å²) in [5, 5.41) is 3.20. The van der Waals surface area contributed by atoms with Gasteiger partial charge < -0.3 is 10.1 Å². The van der Waals surface area contributed by atoms with E-state index in [2.05, 4.69) is 5.32 Å². The first kappa shape index (κ1) is 22.7. The van der Waals surface area contributed by atoms with Crippen molar-refractivity contribution in [1.82, 2.24) is 0 Å². The van der Waals surface area contributed by atoms with Gasteiger partial charge in [-0.15, -0.1) is 0 Å². The third kappa shape index (κ3) is 6.47. The minimum absolute atomic E-state index is 0.366. The zero-order chi connectivity index (χ0) is 22.4. The summed E-state index contributed by atoms with van der Waals surface area (Å²) in [6.45, 7) is 1.86. The molecule has 8 heteroatoms. The van der Waals surface area contributed by atoms with E-state index in [1.165, 1.54) is 0 Å². The van der Waals surface area contributed by atoms with Crippen LogP contribution in [0.15, 0.2) is 72.8 Å². The second-order valence-electron chi connectivity index (χ2n) is 7.05. The topological polar surface area (TPSA) is 75.7 Å². The standard InChI is InChI=1S/C23H23ClN2O4S/c1-17-8-9-19(24)14-22(17)25-23(27)15-26(31(2,28)29)20-10-12-21(13-11-20)30-16-18-6-4-3-5-7-18/h3-14H,15-16H2,1-2H3,(H,25,27). The molecule has 3 rings (SSSR count). The third-order valence-corrected chi connectivity index (χ3v) is 5.91. The van der Waals surface area contributed by atoms with Crippen molar-refractivity contribution >= 4 is 38.9 Å². The van der Waals surface area contributed by atoms with Crippen LogP contribution in [0.5, 0.6) is 5.75 Å². The lowest BCUT2D eigenvalue weighted by Gasteiger charge is -2.22. The average Bonchev–Trinajstić information content (AvgIpc) is 2.73. The number of aryl methyl sites for hydroxylation is 1. The molecular formula is C23H23ClN2O4S. The fraction of sp³-hybridized carbons (Fsp3) is 0.174. The quantitative estimate of drug-likeness (QED) is 0.534. The SMILES string of the molecule is Cc1ccc(Cl)cc1NC(=O)CN(c1ccc(OCc2ccccc2)cc1)S(C)(=O)=O. The number of carbonyl (C=O) groups excluding carboxylic acids is 1. The number of sulfonamides is 1. The second-order valence-corrected chi connectivity index (χ2v) is 9.39. The summed E-state index contributed by atoms with van der Waals surface area (Å²) in [6, 6.07) is 21.4. The van der Waals surface area contributed by atoms with Gasteiger partial charge in [-0.1, -0.05) is 48.0 Å². The molecule has 0 fully saturated rings. The monoisotopic (exact) mass is 458 g/mol. The number of hydrogen-bond acceptors (Lipinski definition) is 4. The Kier molecular flexibility index (Phi) is 7.20. The second kappa shape index (κ2) is 9.85. The van der Waals surface area contributed by atoms with Crippen molar-refractivity contribution in [3.8, 4) is 5.75 Å². The first-order chi connectivity index (χ1) is 14.7. The maximum Gasteiger partial charge on any atom is 0.245 e. The van der Waals surface area contributed by atoms with Gasteiger partial charge in [0.2, 0.25) is 15.9 Å². The average molecular weight is 459 g/mol. The molecule has 0 spiro atoms. The smallest absolute Gasteiger partial charge is 0.245 e. The van der Waals surface area contributed by atoms with Crippen molar-refractivity contribution in [2.75, 3.05) is 22.4 Å². The molecule has 0 unspecified atom stereocenters. The summed E-state index contributed by atoms with van der Waals surface area (Å²) in [5.74, 6) is 0.125. The maximum atomic E-state index is 12.5. The molecule has 3 aromatic carbocycles. The summed E-state index contributed by atoms with van der Waals surface area (Å²) in [4.78, 5) is 12.5. The van der Waals surface area contributed by atoms with Crippen LogP contribution in [0, 0.1) is 6.92 Å². The van der Waals surface area contributed by atoms with E-state index in [4.69, 9.17) is 16.3 Å². The van der Waals surface area contributed by atoms with Crippen LogP contribution in [0.2, 0.25) is 5.02 Å². The fourth-order valence-corrected chi connectivity index (χ4v) is 3.93. The zero-order valence-electron chi connectivity index (χ0n) is 17.2. The van der Waals surface area contributed by atoms with Crippen molar-refractivity contribution in [2.24, 2.45) is 0 Å². The van der Waals surface area contributed by atoms with Gasteiger partial charge in [-0.25, -0.2) is 8.42 Å². The van der Waals surface area contributed by atoms with Crippen LogP contribution in [0.25, 0.3) is 0 Å². The normalized spacial score (nSPS) is 11.1. The van der Waals surface area contributed by atoms with Gasteiger partial charge in [-0.05, 0) is 54.4 Å². The Labute approximate surface area is 187 Å². The van der Waals surface area contributed by atoms with E-state index in [9.17, 15) is 13.2 Å². The number of halogens is 1. The number of hydrogen-bond donors (Lipinski definition) is 1. The largest absolute Gasteiger partial charge is 0.489 e. The molecule has 3 aromatic rings. The van der Waals surface area contributed by atoms with Crippen LogP contribution in [0.4, 0.5) is 11.4 Å². The molecule has 0 bridgehead atoms. The number of benzene rings is 3. The Bertz CT molecular complexity index is 1150. The summed E-state index contributed by atoms with van der Waals surface area (Å²) in [5.41, 5.74) is 2.75. The van der Waals surface area contributed by atoms with Gasteiger partial charge in [0.15, 0.2) is 0 Å². The van der Waals surface area contributed by atoms with E-state index < -0.39 is 15.9 Å². The summed E-state index contributed by atoms with van der Waals surface area (Å²) >= 11 is 5.98. The molecule has 0 atom stereocenters. The predicted octanol–water partition coefficient (Wildman–Crippen LogP) is 4.63. The molecule has 31 heavy (non-hydrogen) atoms. The summed E-state index contributed by atoms with van der Waals surface area (Å²) < 4.78 is 31.4. The van der Waals surface area contributed by atoms with Crippen molar-refractivity contribution < 1.29 is 17.9 Å². The van der Waals surface area contributed by atoms with Gasteiger partial charge in [-0.2, -0.15) is 0 Å². The van der Waals surface area contributed by atoms with Crippen molar-refractivity contribution in [1.29, 1.82) is 0 Å². The van der Waals surface area contributed by atoms with Gasteiger partial charge >= 0.3 is 0 Å². The van der Waals surface area contributed by atoms with Crippen LogP contribution in [-0.4, -0.2) is 27.1 Å². The highest BCUT2D eigenvalue weighted by molar-refractivity contribution is 7.92. The zero-order valence-corrected chi connectivity index (χ0v) is 18.8. The first-order valence-corrected chi connectivity index (χ1v) is 11.8. The van der Waals surface area contributed by atoms with E-state index in [1.807, 2.05) is 37.3 Å². The number of amides is 1. The molecule has 0 heterocycles. The van der Waals surface area contributed by atoms with Crippen LogP contribution in [0.3, 0.4) is 0 Å². The Hall–Kier alpha value is -3.03. The van der Waals surface area contributed by atoms with E-state index in [-0.39, 0.29) is 6.54 Å². The number of rotatable bonds is 8. The van der Waals surface area contributed by atoms with Crippen molar-refractivity contribution in [2.45, 2.75) is 13.5 Å². The van der Waals surface area contributed by atoms with E-state index in [1.54, 1.807) is 42.5 Å². The number of nitrogens with one attached hydrogen (secondary N) is 1. The van der Waals surface area contributed by atoms with E-state index in [0.717, 1.165) is 21.7 Å². The molecular weight excluding hydrogens is 436 g/mol. The lowest BCUT2D eigenvalue weighted by molar-refractivity contribution is -0.114. The van der Waals surface area contributed by atoms with Crippen LogP contribution < -0.4 is 14.4 Å². The molecule has 1 amide bonds. The van der Waals surface area contributed by atoms with Crippen LogP contribution in [0.1, 0.15) is 11.1 Å². The highest BCUT2D eigenvalue weighted by Gasteiger charge is 2.21. The Balaban J connectivity index is 1.70. The Morgan fingerprint density at radius 2 is 1.71 bits per heavy atom. The number of nitrogens with zero attached hydrogens (tertiary/aromatic N) is 1. The lowest BCUT2D eigenvalue weighted by Crippen LogP contribution is -2.37. The number of ether oxygens (including phenoxy) is 1. The Morgan fingerprint density at radius 3 is 2.35 bits per heavy atom. The molecule has 162 valence electrons. The number of anilines is 2. The summed E-state index contributed by atoms with van der Waals surface area (Å²) in [7, 11) is -3.69. The van der Waals surface area contributed by atoms with Gasteiger partial charge in [0.25, 0.3) is 0 Å². The minimum atomic E-state index is -3.69. The predicted molar refractivity (Wildman–Crippen MR) is 124 cm³/mol. The maximum absolute atomic E-state index is 12.5. The lowest BCUT2D eigenvalue weighted by atomic mass is 10.2. The highest BCUT2D eigenvalue weighted by Crippen LogP contribution is 2.23. The molecule has 0 aromatic heterocycles. The van der Waals surface area contributed by atoms with Gasteiger partial charge in [0.1, 0.15) is 18.9 Å². The number of carbonyl (C=O) groups is 1. The first-order valence-electron chi connectivity index (χ1n) is 9.53. The van der Waals surface area contributed by atoms with E-state index in [0.29, 0.717) is 28.8 Å². The van der Waals surface area contributed by atoms with Crippen LogP contribution >= 0.6 is 11.6 Å².